The Balaban J connectivity index is 1.64. The van der Waals surface area contributed by atoms with Crippen LogP contribution < -0.4 is 9.80 Å². The highest BCUT2D eigenvalue weighted by Crippen LogP contribution is 2.30. The number of carbonyl (C=O) groups is 2. The van der Waals surface area contributed by atoms with Gasteiger partial charge in [-0.15, -0.1) is 11.3 Å². The lowest BCUT2D eigenvalue weighted by atomic mass is 9.98. The molecule has 3 heterocycles. The molecule has 2 atom stereocenters. The number of Topliss-reactive ketones (excluding diaryl/α,β-unsaturated/α-hetero) is 1. The maximum Gasteiger partial charge on any atom is 0.303 e. The van der Waals surface area contributed by atoms with Crippen LogP contribution in [0.25, 0.3) is 0 Å². The minimum Gasteiger partial charge on any atom is -0.311 e. The minimum atomic E-state index is -0.606. The molecule has 6 heteroatoms. The van der Waals surface area contributed by atoms with Crippen LogP contribution >= 0.6 is 11.3 Å². The maximum atomic E-state index is 13.4. The summed E-state index contributed by atoms with van der Waals surface area (Å²) in [6.07, 6.45) is 1.97. The number of hydrogen-bond donors (Lipinski definition) is 1. The summed E-state index contributed by atoms with van der Waals surface area (Å²) in [6.45, 7) is 3.52. The van der Waals surface area contributed by atoms with E-state index in [1.807, 2.05) is 0 Å². The lowest BCUT2D eigenvalue weighted by molar-refractivity contribution is -0.932. The maximum absolute atomic E-state index is 13.4. The molecule has 4 nitrogen and oxygen atoms in total. The summed E-state index contributed by atoms with van der Waals surface area (Å²) >= 11 is 1.79. The number of anilines is 1. The molecule has 0 aliphatic carbocycles. The molecular weight excluding hydrogens is 327 g/mol. The molecule has 4 rings (SSSR count). The Bertz CT molecular complexity index is 832. The quantitative estimate of drug-likeness (QED) is 0.864. The number of thiophene rings is 1. The van der Waals surface area contributed by atoms with Gasteiger partial charge in [0, 0.05) is 23.3 Å². The molecule has 1 unspecified atom stereocenters. The summed E-state index contributed by atoms with van der Waals surface area (Å²) in [4.78, 5) is 28.8. The Morgan fingerprint density at radius 1 is 1.33 bits per heavy atom. The van der Waals surface area contributed by atoms with Gasteiger partial charge in [0.25, 0.3) is 5.78 Å². The van der Waals surface area contributed by atoms with E-state index in [1.165, 1.54) is 32.4 Å². The number of amides is 1. The highest BCUT2D eigenvalue weighted by atomic mass is 32.1. The van der Waals surface area contributed by atoms with Gasteiger partial charge < -0.3 is 4.90 Å². The molecule has 0 radical (unpaired) electrons. The van der Waals surface area contributed by atoms with Crippen molar-refractivity contribution in [2.75, 3.05) is 18.1 Å². The molecule has 0 saturated heterocycles. The Labute approximate surface area is 143 Å². The Morgan fingerprint density at radius 3 is 2.96 bits per heavy atom. The smallest absolute Gasteiger partial charge is 0.303 e. The lowest BCUT2D eigenvalue weighted by Gasteiger charge is -2.34. The largest absolute Gasteiger partial charge is 0.311 e. The second-order valence-corrected chi connectivity index (χ2v) is 7.30. The fourth-order valence-corrected chi connectivity index (χ4v) is 4.81. The van der Waals surface area contributed by atoms with Crippen molar-refractivity contribution < 1.29 is 18.9 Å². The van der Waals surface area contributed by atoms with Gasteiger partial charge in [-0.3, -0.25) is 14.5 Å². The normalized spacial score (nSPS) is 22.7. The van der Waals surface area contributed by atoms with E-state index < -0.39 is 17.5 Å². The van der Waals surface area contributed by atoms with Gasteiger partial charge in [-0.25, -0.2) is 4.39 Å². The first-order valence-corrected chi connectivity index (χ1v) is 9.04. The average Bonchev–Trinajstić information content (AvgIpc) is 3.14. The molecule has 0 fully saturated rings. The van der Waals surface area contributed by atoms with Crippen LogP contribution in [-0.4, -0.2) is 24.9 Å². The first kappa shape index (κ1) is 15.5. The molecule has 1 N–H and O–H groups in total. The summed E-state index contributed by atoms with van der Waals surface area (Å²) in [5.74, 6) is -1.64. The molecule has 0 bridgehead atoms. The van der Waals surface area contributed by atoms with Crippen molar-refractivity contribution in [3.05, 3.63) is 51.5 Å². The third-order valence-electron chi connectivity index (χ3n) is 5.02. The first-order chi connectivity index (χ1) is 11.6. The SMILES string of the molecule is CC[C@@H]1c2ccsc2CC[NH+]1CN1C(=O)C(=O)c2cc(F)ccc21. The summed E-state index contributed by atoms with van der Waals surface area (Å²) in [5.41, 5.74) is 2.08. The van der Waals surface area contributed by atoms with E-state index in [2.05, 4.69) is 18.4 Å². The van der Waals surface area contributed by atoms with Crippen molar-refractivity contribution in [1.29, 1.82) is 0 Å². The second-order valence-electron chi connectivity index (χ2n) is 6.30. The summed E-state index contributed by atoms with van der Waals surface area (Å²) < 4.78 is 13.4. The van der Waals surface area contributed by atoms with Crippen LogP contribution in [0.3, 0.4) is 0 Å². The molecule has 1 aromatic heterocycles. The molecule has 124 valence electrons. The topological polar surface area (TPSA) is 41.8 Å². The standard InChI is InChI=1S/C18H17FN2O2S/c1-2-14-12-6-8-24-16(12)5-7-20(14)10-21-15-4-3-11(19)9-13(15)17(22)18(21)23/h3-4,6,8-9,14H,2,5,7,10H2,1H3/p+1/t14-/m1/s1. The van der Waals surface area contributed by atoms with Crippen molar-refractivity contribution in [1.82, 2.24) is 0 Å². The third-order valence-corrected chi connectivity index (χ3v) is 6.02. The molecule has 24 heavy (non-hydrogen) atoms. The van der Waals surface area contributed by atoms with E-state index in [-0.39, 0.29) is 5.56 Å². The van der Waals surface area contributed by atoms with Crippen LogP contribution in [0.4, 0.5) is 10.1 Å². The minimum absolute atomic E-state index is 0.181. The van der Waals surface area contributed by atoms with E-state index in [1.54, 1.807) is 11.3 Å². The molecule has 2 aliphatic rings. The summed E-state index contributed by atoms with van der Waals surface area (Å²) in [5, 5.41) is 2.12. The van der Waals surface area contributed by atoms with Crippen molar-refractivity contribution in [3.63, 3.8) is 0 Å². The average molecular weight is 345 g/mol. The van der Waals surface area contributed by atoms with E-state index >= 15 is 0 Å². The number of nitrogens with one attached hydrogen (secondary N) is 1. The molecule has 2 aromatic rings. The molecule has 0 saturated carbocycles. The van der Waals surface area contributed by atoms with Crippen LogP contribution in [0, 0.1) is 5.82 Å². The highest BCUT2D eigenvalue weighted by molar-refractivity contribution is 7.10. The predicted molar refractivity (Wildman–Crippen MR) is 90.0 cm³/mol. The zero-order chi connectivity index (χ0) is 16.8. The van der Waals surface area contributed by atoms with E-state index in [4.69, 9.17) is 0 Å². The Kier molecular flexibility index (Phi) is 3.73. The van der Waals surface area contributed by atoms with E-state index in [0.29, 0.717) is 18.4 Å². The molecular formula is C18H18FN2O2S+. The number of hydrogen-bond acceptors (Lipinski definition) is 3. The summed E-state index contributed by atoms with van der Waals surface area (Å²) in [7, 11) is 0. The number of halogens is 1. The monoisotopic (exact) mass is 345 g/mol. The predicted octanol–water partition coefficient (Wildman–Crippen LogP) is 1.97. The van der Waals surface area contributed by atoms with Crippen molar-refractivity contribution in [3.8, 4) is 0 Å². The Hall–Kier alpha value is -2.05. The van der Waals surface area contributed by atoms with Crippen LogP contribution in [0.1, 0.15) is 40.2 Å². The van der Waals surface area contributed by atoms with Crippen LogP contribution in [0.2, 0.25) is 0 Å². The fraction of sp³-hybridized carbons (Fsp3) is 0.333. The van der Waals surface area contributed by atoms with Crippen LogP contribution in [0.15, 0.2) is 29.6 Å². The van der Waals surface area contributed by atoms with Gasteiger partial charge >= 0.3 is 5.91 Å². The lowest BCUT2D eigenvalue weighted by Crippen LogP contribution is -3.15. The number of quaternary nitrogens is 1. The zero-order valence-electron chi connectivity index (χ0n) is 13.3. The van der Waals surface area contributed by atoms with Crippen LogP contribution in [-0.2, 0) is 11.2 Å². The van der Waals surface area contributed by atoms with Gasteiger partial charge in [0.2, 0.25) is 0 Å². The molecule has 1 amide bonds. The van der Waals surface area contributed by atoms with Gasteiger partial charge in [0.05, 0.1) is 17.8 Å². The number of fused-ring (bicyclic) bond motifs is 2. The number of nitrogens with zero attached hydrogens (tertiary/aromatic N) is 1. The van der Waals surface area contributed by atoms with Crippen molar-refractivity contribution in [2.24, 2.45) is 0 Å². The zero-order valence-corrected chi connectivity index (χ0v) is 14.2. The van der Waals surface area contributed by atoms with Crippen LogP contribution in [0.5, 0.6) is 0 Å². The molecule has 2 aliphatic heterocycles. The number of ketones is 1. The van der Waals surface area contributed by atoms with Crippen molar-refractivity contribution in [2.45, 2.75) is 25.8 Å². The third kappa shape index (κ3) is 2.29. The first-order valence-electron chi connectivity index (χ1n) is 8.16. The number of rotatable bonds is 3. The summed E-state index contributed by atoms with van der Waals surface area (Å²) in [6, 6.07) is 6.50. The van der Waals surface area contributed by atoms with E-state index in [0.717, 1.165) is 25.5 Å². The van der Waals surface area contributed by atoms with Crippen molar-refractivity contribution >= 4 is 28.7 Å². The number of carbonyl (C=O) groups excluding carboxylic acids is 2. The fourth-order valence-electron chi connectivity index (χ4n) is 3.86. The van der Waals surface area contributed by atoms with Gasteiger partial charge in [-0.05, 0) is 29.6 Å². The van der Waals surface area contributed by atoms with Gasteiger partial charge in [0.1, 0.15) is 11.9 Å². The second kappa shape index (κ2) is 5.79. The van der Waals surface area contributed by atoms with E-state index in [9.17, 15) is 14.0 Å². The van der Waals surface area contributed by atoms with Gasteiger partial charge in [0.15, 0.2) is 6.67 Å². The number of benzene rings is 1. The highest BCUT2D eigenvalue weighted by Gasteiger charge is 2.40. The molecule has 0 spiro atoms. The van der Waals surface area contributed by atoms with Gasteiger partial charge in [-0.1, -0.05) is 6.92 Å². The molecule has 1 aromatic carbocycles. The van der Waals surface area contributed by atoms with Gasteiger partial charge in [-0.2, -0.15) is 0 Å². The Morgan fingerprint density at radius 2 is 2.17 bits per heavy atom.